The molecule has 0 bridgehead atoms. The largest absolute Gasteiger partial charge is 0.492 e. The van der Waals surface area contributed by atoms with Gasteiger partial charge in [0, 0.05) is 6.54 Å². The van der Waals surface area contributed by atoms with Crippen LogP contribution >= 0.6 is 11.6 Å². The number of aromatic carboxylic acids is 1. The zero-order valence-electron chi connectivity index (χ0n) is 10.7. The van der Waals surface area contributed by atoms with Crippen molar-refractivity contribution < 1.29 is 14.6 Å². The van der Waals surface area contributed by atoms with E-state index in [0.29, 0.717) is 18.8 Å². The third kappa shape index (κ3) is 3.65. The Bertz CT molecular complexity index is 587. The molecule has 5 heteroatoms. The predicted octanol–water partition coefficient (Wildman–Crippen LogP) is 3.53. The Balaban J connectivity index is 1.92. The fourth-order valence-corrected chi connectivity index (χ4v) is 2.02. The molecule has 0 amide bonds. The molecule has 4 nitrogen and oxygen atoms in total. The molecule has 0 heterocycles. The first-order valence-corrected chi connectivity index (χ1v) is 6.50. The van der Waals surface area contributed by atoms with Gasteiger partial charge in [-0.3, -0.25) is 0 Å². The molecule has 0 fully saturated rings. The van der Waals surface area contributed by atoms with Crippen molar-refractivity contribution in [2.75, 3.05) is 18.5 Å². The first kappa shape index (κ1) is 14.2. The van der Waals surface area contributed by atoms with Crippen molar-refractivity contribution in [3.8, 4) is 5.75 Å². The van der Waals surface area contributed by atoms with Gasteiger partial charge >= 0.3 is 5.97 Å². The second-order valence-corrected chi connectivity index (χ2v) is 4.46. The lowest BCUT2D eigenvalue weighted by Gasteiger charge is -2.11. The number of benzene rings is 2. The number of carboxylic acid groups (broad SMARTS) is 1. The van der Waals surface area contributed by atoms with E-state index in [1.807, 2.05) is 30.3 Å². The molecule has 0 aromatic heterocycles. The quantitative estimate of drug-likeness (QED) is 0.799. The molecule has 20 heavy (non-hydrogen) atoms. The maximum Gasteiger partial charge on any atom is 0.339 e. The Labute approximate surface area is 122 Å². The molecule has 0 radical (unpaired) electrons. The topological polar surface area (TPSA) is 58.6 Å². The summed E-state index contributed by atoms with van der Waals surface area (Å²) in [6, 6.07) is 14.4. The number of halogens is 1. The molecule has 104 valence electrons. The van der Waals surface area contributed by atoms with Crippen molar-refractivity contribution in [3.05, 3.63) is 59.1 Å². The van der Waals surface area contributed by atoms with Gasteiger partial charge in [-0.15, -0.1) is 0 Å². The average Bonchev–Trinajstić information content (AvgIpc) is 2.44. The average molecular weight is 292 g/mol. The van der Waals surface area contributed by atoms with E-state index in [1.165, 1.54) is 0 Å². The third-order valence-corrected chi connectivity index (χ3v) is 2.97. The van der Waals surface area contributed by atoms with E-state index < -0.39 is 5.97 Å². The molecular formula is C15H14ClNO3. The summed E-state index contributed by atoms with van der Waals surface area (Å²) in [5.41, 5.74) is 0.565. The van der Waals surface area contributed by atoms with E-state index in [4.69, 9.17) is 21.4 Å². The summed E-state index contributed by atoms with van der Waals surface area (Å²) in [6.07, 6.45) is 0. The molecule has 0 aliphatic heterocycles. The normalized spacial score (nSPS) is 10.1. The number of carbonyl (C=O) groups is 1. The lowest BCUT2D eigenvalue weighted by Crippen LogP contribution is -2.14. The molecule has 0 aliphatic rings. The second-order valence-electron chi connectivity index (χ2n) is 4.06. The van der Waals surface area contributed by atoms with Crippen molar-refractivity contribution in [2.45, 2.75) is 0 Å². The van der Waals surface area contributed by atoms with Crippen molar-refractivity contribution >= 4 is 23.3 Å². The zero-order valence-corrected chi connectivity index (χ0v) is 11.4. The van der Waals surface area contributed by atoms with Gasteiger partial charge in [0.2, 0.25) is 0 Å². The predicted molar refractivity (Wildman–Crippen MR) is 78.8 cm³/mol. The number of hydrogen-bond donors (Lipinski definition) is 2. The highest BCUT2D eigenvalue weighted by molar-refractivity contribution is 6.34. The van der Waals surface area contributed by atoms with E-state index in [2.05, 4.69) is 5.32 Å². The smallest absolute Gasteiger partial charge is 0.339 e. The van der Waals surface area contributed by atoms with Gasteiger partial charge in [0.1, 0.15) is 17.9 Å². The van der Waals surface area contributed by atoms with Crippen LogP contribution in [0.25, 0.3) is 0 Å². The number of carboxylic acids is 1. The van der Waals surface area contributed by atoms with E-state index >= 15 is 0 Å². The minimum atomic E-state index is -1.05. The van der Waals surface area contributed by atoms with Crippen molar-refractivity contribution in [2.24, 2.45) is 0 Å². The summed E-state index contributed by atoms with van der Waals surface area (Å²) in [5.74, 6) is -0.277. The third-order valence-electron chi connectivity index (χ3n) is 2.66. The summed E-state index contributed by atoms with van der Waals surface area (Å²) in [7, 11) is 0. The highest BCUT2D eigenvalue weighted by atomic mass is 35.5. The minimum absolute atomic E-state index is 0.0777. The molecular weight excluding hydrogens is 278 g/mol. The molecule has 2 aromatic carbocycles. The molecule has 0 saturated carbocycles. The van der Waals surface area contributed by atoms with Crippen LogP contribution in [0, 0.1) is 0 Å². The van der Waals surface area contributed by atoms with Crippen molar-refractivity contribution in [1.82, 2.24) is 0 Å². The first-order valence-electron chi connectivity index (χ1n) is 6.12. The fraction of sp³-hybridized carbons (Fsp3) is 0.133. The van der Waals surface area contributed by atoms with Crippen LogP contribution in [0.4, 0.5) is 5.69 Å². The van der Waals surface area contributed by atoms with Crippen molar-refractivity contribution in [3.63, 3.8) is 0 Å². The van der Waals surface area contributed by atoms with E-state index in [-0.39, 0.29) is 10.6 Å². The van der Waals surface area contributed by atoms with Gasteiger partial charge in [0.15, 0.2) is 0 Å². The SMILES string of the molecule is O=C(O)c1c(Cl)cccc1NCCOc1ccccc1. The number of ether oxygens (including phenoxy) is 1. The van der Waals surface area contributed by atoms with Crippen LogP contribution in [0.5, 0.6) is 5.75 Å². The van der Waals surface area contributed by atoms with Gasteiger partial charge in [-0.2, -0.15) is 0 Å². The van der Waals surface area contributed by atoms with Crippen molar-refractivity contribution in [1.29, 1.82) is 0 Å². The molecule has 2 aromatic rings. The lowest BCUT2D eigenvalue weighted by atomic mass is 10.2. The number of hydrogen-bond acceptors (Lipinski definition) is 3. The summed E-state index contributed by atoms with van der Waals surface area (Å²) < 4.78 is 5.52. The van der Waals surface area contributed by atoms with Gasteiger partial charge in [-0.05, 0) is 24.3 Å². The van der Waals surface area contributed by atoms with Crippen LogP contribution in [0.1, 0.15) is 10.4 Å². The second kappa shape index (κ2) is 6.82. The molecule has 0 saturated heterocycles. The van der Waals surface area contributed by atoms with Gasteiger partial charge in [-0.25, -0.2) is 4.79 Å². The van der Waals surface area contributed by atoms with Crippen LogP contribution in [0.2, 0.25) is 5.02 Å². The summed E-state index contributed by atoms with van der Waals surface area (Å²) >= 11 is 5.88. The van der Waals surface area contributed by atoms with E-state index in [1.54, 1.807) is 18.2 Å². The Morgan fingerprint density at radius 2 is 1.90 bits per heavy atom. The summed E-state index contributed by atoms with van der Waals surface area (Å²) in [5, 5.41) is 12.4. The Morgan fingerprint density at radius 3 is 2.60 bits per heavy atom. The Kier molecular flexibility index (Phi) is 4.85. The highest BCUT2D eigenvalue weighted by Crippen LogP contribution is 2.24. The zero-order chi connectivity index (χ0) is 14.4. The molecule has 2 rings (SSSR count). The summed E-state index contributed by atoms with van der Waals surface area (Å²) in [6.45, 7) is 0.908. The maximum atomic E-state index is 11.1. The molecule has 0 unspecified atom stereocenters. The van der Waals surface area contributed by atoms with Crippen LogP contribution in [0.15, 0.2) is 48.5 Å². The Morgan fingerprint density at radius 1 is 1.15 bits per heavy atom. The number of nitrogens with one attached hydrogen (secondary N) is 1. The minimum Gasteiger partial charge on any atom is -0.492 e. The monoisotopic (exact) mass is 291 g/mol. The maximum absolute atomic E-state index is 11.1. The molecule has 0 aliphatic carbocycles. The number of anilines is 1. The highest BCUT2D eigenvalue weighted by Gasteiger charge is 2.13. The molecule has 0 atom stereocenters. The fourth-order valence-electron chi connectivity index (χ4n) is 1.76. The number of para-hydroxylation sites is 1. The van der Waals surface area contributed by atoms with Gasteiger partial charge in [-0.1, -0.05) is 35.9 Å². The van der Waals surface area contributed by atoms with Gasteiger partial charge in [0.25, 0.3) is 0 Å². The standard InChI is InChI=1S/C15H14ClNO3/c16-12-7-4-8-13(14(12)15(18)19)17-9-10-20-11-5-2-1-3-6-11/h1-8,17H,9-10H2,(H,18,19). The van der Waals surface area contributed by atoms with E-state index in [0.717, 1.165) is 5.75 Å². The van der Waals surface area contributed by atoms with Crippen LogP contribution in [-0.2, 0) is 0 Å². The number of rotatable bonds is 6. The van der Waals surface area contributed by atoms with E-state index in [9.17, 15) is 4.79 Å². The van der Waals surface area contributed by atoms with Crippen LogP contribution in [-0.4, -0.2) is 24.2 Å². The first-order chi connectivity index (χ1) is 9.68. The molecule has 0 spiro atoms. The van der Waals surface area contributed by atoms with Crippen LogP contribution in [0.3, 0.4) is 0 Å². The lowest BCUT2D eigenvalue weighted by molar-refractivity contribution is 0.0698. The Hall–Kier alpha value is -2.20. The molecule has 2 N–H and O–H groups in total. The van der Waals surface area contributed by atoms with Crippen LogP contribution < -0.4 is 10.1 Å². The van der Waals surface area contributed by atoms with Gasteiger partial charge < -0.3 is 15.2 Å². The summed E-state index contributed by atoms with van der Waals surface area (Å²) in [4.78, 5) is 11.1. The van der Waals surface area contributed by atoms with Gasteiger partial charge in [0.05, 0.1) is 10.7 Å².